The number of alkyl halides is 3. The molecule has 2 amide bonds. The van der Waals surface area contributed by atoms with Crippen molar-refractivity contribution in [3.8, 4) is 0 Å². The minimum absolute atomic E-state index is 0.00347. The lowest BCUT2D eigenvalue weighted by Gasteiger charge is -2.22. The number of halogens is 3. The number of nitrogens with two attached hydrogens (primary N) is 1. The van der Waals surface area contributed by atoms with E-state index in [1.54, 1.807) is 0 Å². The van der Waals surface area contributed by atoms with Gasteiger partial charge in [-0.1, -0.05) is 0 Å². The number of nitrogens with zero attached hydrogens (tertiary/aromatic N) is 1. The molecule has 0 saturated carbocycles. The van der Waals surface area contributed by atoms with Crippen LogP contribution in [0.3, 0.4) is 0 Å². The molecule has 78 valence electrons. The standard InChI is InChI=1S/C6H12F3N3O/c1-11-5(13)12(3-2-10)4-6(7,8)9/h2-4,10H2,1H3,(H,11,13). The molecule has 0 saturated heterocycles. The van der Waals surface area contributed by atoms with Crippen LogP contribution in [0.4, 0.5) is 18.0 Å². The van der Waals surface area contributed by atoms with Crippen LogP contribution in [0.5, 0.6) is 0 Å². The van der Waals surface area contributed by atoms with Gasteiger partial charge in [0.1, 0.15) is 6.54 Å². The molecule has 0 unspecified atom stereocenters. The van der Waals surface area contributed by atoms with Crippen LogP contribution >= 0.6 is 0 Å². The third kappa shape index (κ3) is 5.29. The maximum Gasteiger partial charge on any atom is 0.406 e. The van der Waals surface area contributed by atoms with Gasteiger partial charge in [0.05, 0.1) is 0 Å². The first-order valence-electron chi connectivity index (χ1n) is 3.64. The molecule has 3 N–H and O–H groups in total. The summed E-state index contributed by atoms with van der Waals surface area (Å²) in [4.78, 5) is 11.4. The number of amides is 2. The van der Waals surface area contributed by atoms with Gasteiger partial charge in [-0.05, 0) is 0 Å². The highest BCUT2D eigenvalue weighted by Gasteiger charge is 2.32. The van der Waals surface area contributed by atoms with E-state index in [1.165, 1.54) is 7.05 Å². The van der Waals surface area contributed by atoms with Crippen LogP contribution in [-0.4, -0.2) is 43.8 Å². The lowest BCUT2D eigenvalue weighted by atomic mass is 10.5. The molecule has 0 bridgehead atoms. The van der Waals surface area contributed by atoms with Gasteiger partial charge in [-0.25, -0.2) is 4.79 Å². The van der Waals surface area contributed by atoms with Gasteiger partial charge in [-0.3, -0.25) is 0 Å². The van der Waals surface area contributed by atoms with Gasteiger partial charge in [-0.15, -0.1) is 0 Å². The van der Waals surface area contributed by atoms with Crippen molar-refractivity contribution in [1.29, 1.82) is 0 Å². The Kier molecular flexibility index (Phi) is 4.53. The van der Waals surface area contributed by atoms with Crippen molar-refractivity contribution in [2.24, 2.45) is 5.73 Å². The minimum atomic E-state index is -4.39. The summed E-state index contributed by atoms with van der Waals surface area (Å²) >= 11 is 0. The molecule has 0 aliphatic heterocycles. The van der Waals surface area contributed by atoms with E-state index in [9.17, 15) is 18.0 Å². The van der Waals surface area contributed by atoms with Gasteiger partial charge < -0.3 is 16.0 Å². The summed E-state index contributed by atoms with van der Waals surface area (Å²) in [5.74, 6) is 0. The summed E-state index contributed by atoms with van der Waals surface area (Å²) in [7, 11) is 1.27. The zero-order valence-corrected chi connectivity index (χ0v) is 7.19. The normalized spacial score (nSPS) is 11.2. The van der Waals surface area contributed by atoms with Gasteiger partial charge >= 0.3 is 12.2 Å². The maximum absolute atomic E-state index is 11.9. The van der Waals surface area contributed by atoms with E-state index < -0.39 is 18.8 Å². The fraction of sp³-hybridized carbons (Fsp3) is 0.833. The molecule has 0 rings (SSSR count). The van der Waals surface area contributed by atoms with Gasteiger partial charge in [0.25, 0.3) is 0 Å². The fourth-order valence-corrected chi connectivity index (χ4v) is 0.783. The molecule has 0 heterocycles. The first kappa shape index (κ1) is 12.0. The molecule has 13 heavy (non-hydrogen) atoms. The monoisotopic (exact) mass is 199 g/mol. The molecule has 0 atom stereocenters. The number of urea groups is 1. The largest absolute Gasteiger partial charge is 0.406 e. The van der Waals surface area contributed by atoms with Crippen LogP contribution in [0.15, 0.2) is 0 Å². The van der Waals surface area contributed by atoms with E-state index >= 15 is 0 Å². The van der Waals surface area contributed by atoms with Crippen molar-refractivity contribution in [3.63, 3.8) is 0 Å². The Balaban J connectivity index is 4.17. The lowest BCUT2D eigenvalue weighted by molar-refractivity contribution is -0.139. The molecular formula is C6H12F3N3O. The van der Waals surface area contributed by atoms with Crippen molar-refractivity contribution in [3.05, 3.63) is 0 Å². The molecule has 0 fully saturated rings. The third-order valence-electron chi connectivity index (χ3n) is 1.27. The van der Waals surface area contributed by atoms with Crippen molar-refractivity contribution >= 4 is 6.03 Å². The van der Waals surface area contributed by atoms with E-state index in [2.05, 4.69) is 5.32 Å². The van der Waals surface area contributed by atoms with Crippen molar-refractivity contribution in [2.75, 3.05) is 26.7 Å². The zero-order valence-electron chi connectivity index (χ0n) is 7.19. The van der Waals surface area contributed by atoms with Crippen LogP contribution in [0.1, 0.15) is 0 Å². The van der Waals surface area contributed by atoms with E-state index in [4.69, 9.17) is 5.73 Å². The van der Waals surface area contributed by atoms with Crippen LogP contribution in [0.2, 0.25) is 0 Å². The lowest BCUT2D eigenvalue weighted by Crippen LogP contribution is -2.45. The second kappa shape index (κ2) is 4.90. The summed E-state index contributed by atoms with van der Waals surface area (Å²) in [6.45, 7) is -1.38. The van der Waals surface area contributed by atoms with Gasteiger partial charge in [0.2, 0.25) is 0 Å². The number of hydrogen-bond donors (Lipinski definition) is 2. The van der Waals surface area contributed by atoms with E-state index in [1.807, 2.05) is 0 Å². The second-order valence-electron chi connectivity index (χ2n) is 2.38. The molecular weight excluding hydrogens is 187 g/mol. The van der Waals surface area contributed by atoms with Gasteiger partial charge in [0.15, 0.2) is 0 Å². The van der Waals surface area contributed by atoms with E-state index in [0.717, 1.165) is 0 Å². The fourth-order valence-electron chi connectivity index (χ4n) is 0.783. The highest BCUT2D eigenvalue weighted by atomic mass is 19.4. The first-order valence-corrected chi connectivity index (χ1v) is 3.64. The molecule has 0 aliphatic rings. The SMILES string of the molecule is CNC(=O)N(CCN)CC(F)(F)F. The van der Waals surface area contributed by atoms with Crippen molar-refractivity contribution < 1.29 is 18.0 Å². The highest BCUT2D eigenvalue weighted by molar-refractivity contribution is 5.73. The Morgan fingerprint density at radius 2 is 2.08 bits per heavy atom. The minimum Gasteiger partial charge on any atom is -0.341 e. The predicted molar refractivity (Wildman–Crippen MR) is 41.1 cm³/mol. The highest BCUT2D eigenvalue weighted by Crippen LogP contribution is 2.15. The van der Waals surface area contributed by atoms with Crippen molar-refractivity contribution in [1.82, 2.24) is 10.2 Å². The number of hydrogen-bond acceptors (Lipinski definition) is 2. The summed E-state index contributed by atoms with van der Waals surface area (Å²) < 4.78 is 35.6. The van der Waals surface area contributed by atoms with Crippen LogP contribution < -0.4 is 11.1 Å². The molecule has 0 radical (unpaired) electrons. The van der Waals surface area contributed by atoms with E-state index in [0.29, 0.717) is 4.90 Å². The molecule has 0 spiro atoms. The summed E-state index contributed by atoms with van der Waals surface area (Å²) in [5, 5.41) is 2.10. The Bertz CT molecular complexity index is 171. The predicted octanol–water partition coefficient (Wildman–Crippen LogP) is 0.149. The number of carbonyl (C=O) groups excluding carboxylic acids is 1. The molecule has 0 aliphatic carbocycles. The Labute approximate surface area is 73.9 Å². The smallest absolute Gasteiger partial charge is 0.341 e. The molecule has 7 heteroatoms. The van der Waals surface area contributed by atoms with Crippen LogP contribution in [0.25, 0.3) is 0 Å². The number of rotatable bonds is 3. The molecule has 0 aromatic rings. The summed E-state index contributed by atoms with van der Waals surface area (Å²) in [6.07, 6.45) is -4.39. The number of carbonyl (C=O) groups is 1. The van der Waals surface area contributed by atoms with Crippen LogP contribution in [-0.2, 0) is 0 Å². The number of nitrogens with one attached hydrogen (secondary N) is 1. The second-order valence-corrected chi connectivity index (χ2v) is 2.38. The Morgan fingerprint density at radius 1 is 1.54 bits per heavy atom. The Hall–Kier alpha value is -0.980. The summed E-state index contributed by atoms with van der Waals surface area (Å²) in [6, 6.07) is -0.775. The maximum atomic E-state index is 11.9. The third-order valence-corrected chi connectivity index (χ3v) is 1.27. The average molecular weight is 199 g/mol. The zero-order chi connectivity index (χ0) is 10.5. The molecule has 0 aromatic heterocycles. The van der Waals surface area contributed by atoms with Crippen LogP contribution in [0, 0.1) is 0 Å². The average Bonchev–Trinajstić information content (AvgIpc) is 2.00. The molecule has 0 aromatic carbocycles. The quantitative estimate of drug-likeness (QED) is 0.679. The Morgan fingerprint density at radius 3 is 2.38 bits per heavy atom. The van der Waals surface area contributed by atoms with Gasteiger partial charge in [0, 0.05) is 20.1 Å². The topological polar surface area (TPSA) is 58.4 Å². The van der Waals surface area contributed by atoms with Gasteiger partial charge in [-0.2, -0.15) is 13.2 Å². The van der Waals surface area contributed by atoms with E-state index in [-0.39, 0.29) is 13.1 Å². The molecule has 4 nitrogen and oxygen atoms in total. The first-order chi connectivity index (χ1) is 5.90. The summed E-state index contributed by atoms with van der Waals surface area (Å²) in [5.41, 5.74) is 5.05. The van der Waals surface area contributed by atoms with Crippen molar-refractivity contribution in [2.45, 2.75) is 6.18 Å².